The molecule has 4 nitrogen and oxygen atoms in total. The van der Waals surface area contributed by atoms with Gasteiger partial charge in [-0.2, -0.15) is 4.37 Å². The first-order valence-corrected chi connectivity index (χ1v) is 5.47. The molecule has 0 aromatic carbocycles. The molecule has 0 saturated carbocycles. The molecule has 2 aromatic rings. The Bertz CT molecular complexity index is 368. The predicted molar refractivity (Wildman–Crippen MR) is 54.1 cm³/mol. The molecule has 2 heterocycles. The number of rotatable bonds is 3. The van der Waals surface area contributed by atoms with Crippen molar-refractivity contribution in [2.24, 2.45) is 0 Å². The molecule has 0 atom stereocenters. The Morgan fingerprint density at radius 2 is 2.46 bits per heavy atom. The van der Waals surface area contributed by atoms with E-state index in [-0.39, 0.29) is 0 Å². The van der Waals surface area contributed by atoms with Crippen LogP contribution in [0.2, 0.25) is 0 Å². The van der Waals surface area contributed by atoms with Gasteiger partial charge in [-0.3, -0.25) is 0 Å². The van der Waals surface area contributed by atoms with E-state index in [2.05, 4.69) is 19.7 Å². The summed E-state index contributed by atoms with van der Waals surface area (Å²) >= 11 is 2.97. The first-order chi connectivity index (χ1) is 6.34. The quantitative estimate of drug-likeness (QED) is 0.844. The molecule has 2 rings (SSSR count). The molecule has 0 unspecified atom stereocenters. The standard InChI is InChI=1S/C7H8N4S2/c1-5-10-7(13-11-5)8-2-6-3-12-4-9-6/h3-4H,2H2,1H3,(H,8,10,11). The molecule has 0 aliphatic heterocycles. The van der Waals surface area contributed by atoms with Crippen LogP contribution in [0.3, 0.4) is 0 Å². The third kappa shape index (κ3) is 2.22. The summed E-state index contributed by atoms with van der Waals surface area (Å²) < 4.78 is 4.07. The van der Waals surface area contributed by atoms with Gasteiger partial charge in [-0.25, -0.2) is 9.97 Å². The fraction of sp³-hybridized carbons (Fsp3) is 0.286. The number of nitrogens with zero attached hydrogens (tertiary/aromatic N) is 3. The third-order valence-electron chi connectivity index (χ3n) is 1.43. The van der Waals surface area contributed by atoms with Crippen molar-refractivity contribution in [1.29, 1.82) is 0 Å². The van der Waals surface area contributed by atoms with Crippen LogP contribution in [0.25, 0.3) is 0 Å². The lowest BCUT2D eigenvalue weighted by Crippen LogP contribution is -1.98. The number of aromatic nitrogens is 3. The predicted octanol–water partition coefficient (Wildman–Crippen LogP) is 1.92. The smallest absolute Gasteiger partial charge is 0.202 e. The van der Waals surface area contributed by atoms with Gasteiger partial charge in [0.15, 0.2) is 0 Å². The molecule has 2 aromatic heterocycles. The van der Waals surface area contributed by atoms with Gasteiger partial charge >= 0.3 is 0 Å². The monoisotopic (exact) mass is 212 g/mol. The molecule has 1 N–H and O–H groups in total. The van der Waals surface area contributed by atoms with E-state index in [0.29, 0.717) is 0 Å². The van der Waals surface area contributed by atoms with Crippen molar-refractivity contribution in [1.82, 2.24) is 14.3 Å². The van der Waals surface area contributed by atoms with Crippen molar-refractivity contribution in [3.63, 3.8) is 0 Å². The van der Waals surface area contributed by atoms with Gasteiger partial charge < -0.3 is 5.32 Å². The summed E-state index contributed by atoms with van der Waals surface area (Å²) in [6.07, 6.45) is 0. The highest BCUT2D eigenvalue weighted by molar-refractivity contribution is 7.09. The summed E-state index contributed by atoms with van der Waals surface area (Å²) in [6, 6.07) is 0. The Morgan fingerprint density at radius 3 is 3.08 bits per heavy atom. The molecule has 0 radical (unpaired) electrons. The summed E-state index contributed by atoms with van der Waals surface area (Å²) in [6.45, 7) is 2.60. The van der Waals surface area contributed by atoms with E-state index in [1.807, 2.05) is 17.8 Å². The van der Waals surface area contributed by atoms with Crippen molar-refractivity contribution < 1.29 is 0 Å². The minimum absolute atomic E-state index is 0.720. The van der Waals surface area contributed by atoms with Gasteiger partial charge in [0, 0.05) is 16.9 Å². The number of aryl methyl sites for hydroxylation is 1. The van der Waals surface area contributed by atoms with E-state index in [9.17, 15) is 0 Å². The Hall–Kier alpha value is -1.01. The zero-order chi connectivity index (χ0) is 9.10. The Balaban J connectivity index is 1.93. The molecule has 68 valence electrons. The van der Waals surface area contributed by atoms with Crippen LogP contribution in [-0.2, 0) is 6.54 Å². The second-order valence-corrected chi connectivity index (χ2v) is 3.95. The van der Waals surface area contributed by atoms with E-state index in [1.165, 1.54) is 11.5 Å². The average molecular weight is 212 g/mol. The first-order valence-electron chi connectivity index (χ1n) is 3.76. The first kappa shape index (κ1) is 8.58. The van der Waals surface area contributed by atoms with Crippen molar-refractivity contribution >= 4 is 28.0 Å². The average Bonchev–Trinajstić information content (AvgIpc) is 2.71. The van der Waals surface area contributed by atoms with Crippen molar-refractivity contribution in [2.45, 2.75) is 13.5 Å². The summed E-state index contributed by atoms with van der Waals surface area (Å²) in [7, 11) is 0. The van der Waals surface area contributed by atoms with Crippen molar-refractivity contribution in [3.8, 4) is 0 Å². The zero-order valence-corrected chi connectivity index (χ0v) is 8.65. The number of anilines is 1. The van der Waals surface area contributed by atoms with Crippen LogP contribution in [0.4, 0.5) is 5.13 Å². The van der Waals surface area contributed by atoms with E-state index in [0.717, 1.165) is 23.2 Å². The van der Waals surface area contributed by atoms with Gasteiger partial charge in [-0.15, -0.1) is 11.3 Å². The molecule has 0 spiro atoms. The number of hydrogen-bond donors (Lipinski definition) is 1. The largest absolute Gasteiger partial charge is 0.355 e. The molecule has 0 fully saturated rings. The zero-order valence-electron chi connectivity index (χ0n) is 7.02. The molecular weight excluding hydrogens is 204 g/mol. The van der Waals surface area contributed by atoms with Gasteiger partial charge in [0.2, 0.25) is 5.13 Å². The summed E-state index contributed by atoms with van der Waals surface area (Å²) in [5, 5.41) is 6.02. The van der Waals surface area contributed by atoms with Crippen molar-refractivity contribution in [3.05, 3.63) is 22.4 Å². The van der Waals surface area contributed by atoms with Gasteiger partial charge in [-0.1, -0.05) is 0 Å². The topological polar surface area (TPSA) is 50.7 Å². The Morgan fingerprint density at radius 1 is 1.54 bits per heavy atom. The number of thiazole rings is 1. The molecule has 6 heteroatoms. The maximum absolute atomic E-state index is 4.18. The molecule has 0 aliphatic rings. The molecular formula is C7H8N4S2. The van der Waals surface area contributed by atoms with E-state index < -0.39 is 0 Å². The molecule has 0 amide bonds. The highest BCUT2D eigenvalue weighted by atomic mass is 32.1. The lowest BCUT2D eigenvalue weighted by molar-refractivity contribution is 1.06. The van der Waals surface area contributed by atoms with Crippen LogP contribution in [0.5, 0.6) is 0 Å². The van der Waals surface area contributed by atoms with Crippen LogP contribution < -0.4 is 5.32 Å². The third-order valence-corrected chi connectivity index (χ3v) is 2.83. The van der Waals surface area contributed by atoms with Gasteiger partial charge in [-0.05, 0) is 6.92 Å². The summed E-state index contributed by atoms with van der Waals surface area (Å²) in [5.74, 6) is 0.811. The van der Waals surface area contributed by atoms with Gasteiger partial charge in [0.1, 0.15) is 5.82 Å². The van der Waals surface area contributed by atoms with Gasteiger partial charge in [0.25, 0.3) is 0 Å². The van der Waals surface area contributed by atoms with Gasteiger partial charge in [0.05, 0.1) is 17.7 Å². The normalized spacial score (nSPS) is 10.2. The molecule has 0 saturated heterocycles. The lowest BCUT2D eigenvalue weighted by Gasteiger charge is -1.96. The second kappa shape index (κ2) is 3.80. The highest BCUT2D eigenvalue weighted by Crippen LogP contribution is 2.11. The minimum atomic E-state index is 0.720. The van der Waals surface area contributed by atoms with Crippen LogP contribution in [0.1, 0.15) is 11.5 Å². The van der Waals surface area contributed by atoms with Crippen LogP contribution >= 0.6 is 22.9 Å². The molecule has 0 aliphatic carbocycles. The highest BCUT2D eigenvalue weighted by Gasteiger charge is 1.99. The van der Waals surface area contributed by atoms with Crippen molar-refractivity contribution in [2.75, 3.05) is 5.32 Å². The fourth-order valence-electron chi connectivity index (χ4n) is 0.860. The SMILES string of the molecule is Cc1nsc(NCc2cscn2)n1. The Kier molecular flexibility index (Phi) is 2.51. The summed E-state index contributed by atoms with van der Waals surface area (Å²) in [4.78, 5) is 8.33. The number of hydrogen-bond acceptors (Lipinski definition) is 6. The molecule has 13 heavy (non-hydrogen) atoms. The fourth-order valence-corrected chi connectivity index (χ4v) is 1.99. The van der Waals surface area contributed by atoms with E-state index >= 15 is 0 Å². The van der Waals surface area contributed by atoms with E-state index in [1.54, 1.807) is 11.3 Å². The van der Waals surface area contributed by atoms with Crippen LogP contribution in [0.15, 0.2) is 10.9 Å². The summed E-state index contributed by atoms with van der Waals surface area (Å²) in [5.41, 5.74) is 2.86. The van der Waals surface area contributed by atoms with Crippen LogP contribution in [-0.4, -0.2) is 14.3 Å². The van der Waals surface area contributed by atoms with Crippen LogP contribution in [0, 0.1) is 6.92 Å². The maximum atomic E-state index is 4.18. The minimum Gasteiger partial charge on any atom is -0.355 e. The maximum Gasteiger partial charge on any atom is 0.202 e. The lowest BCUT2D eigenvalue weighted by atomic mass is 10.5. The second-order valence-electron chi connectivity index (χ2n) is 2.48. The van der Waals surface area contributed by atoms with E-state index in [4.69, 9.17) is 0 Å². The Labute approximate surface area is 83.8 Å². The molecule has 0 bridgehead atoms. The number of nitrogens with one attached hydrogen (secondary N) is 1.